The molecule has 0 saturated carbocycles. The molecule has 0 aromatic heterocycles. The van der Waals surface area contributed by atoms with Crippen molar-refractivity contribution in [2.45, 2.75) is 32.4 Å². The van der Waals surface area contributed by atoms with Gasteiger partial charge in [-0.15, -0.1) is 0 Å². The second-order valence-electron chi connectivity index (χ2n) is 5.88. The molecule has 0 radical (unpaired) electrons. The number of halogens is 1. The Labute approximate surface area is 144 Å². The van der Waals surface area contributed by atoms with Gasteiger partial charge in [-0.1, -0.05) is 18.2 Å². The lowest BCUT2D eigenvalue weighted by atomic mass is 10.0. The number of aliphatic hydroxyl groups excluding tert-OH is 1. The summed E-state index contributed by atoms with van der Waals surface area (Å²) in [4.78, 5) is 22.8. The first-order valence-electron chi connectivity index (χ1n) is 7.78. The van der Waals surface area contributed by atoms with Gasteiger partial charge in [0.1, 0.15) is 5.82 Å². The molecule has 0 aliphatic rings. The minimum absolute atomic E-state index is 0.119. The summed E-state index contributed by atoms with van der Waals surface area (Å²) in [5.41, 5.74) is 0.939. The number of hydrogen-bond donors (Lipinski definition) is 2. The smallest absolute Gasteiger partial charge is 0.273 e. The third-order valence-electron chi connectivity index (χ3n) is 3.96. The van der Waals surface area contributed by atoms with Gasteiger partial charge >= 0.3 is 0 Å². The zero-order chi connectivity index (χ0) is 18.6. The van der Waals surface area contributed by atoms with Crippen molar-refractivity contribution in [1.29, 1.82) is 0 Å². The average Bonchev–Trinajstić information content (AvgIpc) is 2.54. The lowest BCUT2D eigenvalue weighted by Crippen LogP contribution is -2.34. The average molecular weight is 346 g/mol. The zero-order valence-electron chi connectivity index (χ0n) is 13.9. The fraction of sp³-hybridized carbons (Fsp3) is 0.278. The Morgan fingerprint density at radius 1 is 1.28 bits per heavy atom. The van der Waals surface area contributed by atoms with Gasteiger partial charge in [0.25, 0.3) is 11.6 Å². The first-order chi connectivity index (χ1) is 11.8. The highest BCUT2D eigenvalue weighted by molar-refractivity contribution is 5.96. The van der Waals surface area contributed by atoms with Gasteiger partial charge < -0.3 is 10.4 Å². The molecule has 2 atom stereocenters. The maximum absolute atomic E-state index is 12.9. The number of aliphatic hydroxyl groups is 1. The van der Waals surface area contributed by atoms with Crippen LogP contribution in [-0.2, 0) is 0 Å². The highest BCUT2D eigenvalue weighted by Crippen LogP contribution is 2.22. The molecule has 25 heavy (non-hydrogen) atoms. The van der Waals surface area contributed by atoms with Crippen LogP contribution < -0.4 is 5.32 Å². The van der Waals surface area contributed by atoms with Gasteiger partial charge in [0.05, 0.1) is 11.0 Å². The first kappa shape index (κ1) is 18.5. The number of rotatable bonds is 6. The van der Waals surface area contributed by atoms with Crippen LogP contribution in [0.2, 0.25) is 0 Å². The summed E-state index contributed by atoms with van der Waals surface area (Å²) in [5.74, 6) is -0.835. The Hall–Kier alpha value is -2.80. The molecule has 0 saturated heterocycles. The fourth-order valence-electron chi connectivity index (χ4n) is 2.58. The molecule has 0 spiro atoms. The van der Waals surface area contributed by atoms with Gasteiger partial charge in [-0.25, -0.2) is 4.39 Å². The lowest BCUT2D eigenvalue weighted by molar-refractivity contribution is -0.385. The molecule has 1 amide bonds. The van der Waals surface area contributed by atoms with E-state index < -0.39 is 22.8 Å². The molecule has 2 rings (SSSR count). The van der Waals surface area contributed by atoms with Crippen LogP contribution >= 0.6 is 0 Å². The van der Waals surface area contributed by atoms with Crippen molar-refractivity contribution in [1.82, 2.24) is 5.32 Å². The number of carbonyl (C=O) groups excluding carboxylic acids is 1. The third-order valence-corrected chi connectivity index (χ3v) is 3.96. The monoisotopic (exact) mass is 346 g/mol. The summed E-state index contributed by atoms with van der Waals surface area (Å²) in [6, 6.07) is 9.42. The number of amides is 1. The van der Waals surface area contributed by atoms with Crippen LogP contribution in [0.5, 0.6) is 0 Å². The van der Waals surface area contributed by atoms with Crippen LogP contribution in [0.1, 0.15) is 40.9 Å². The summed E-state index contributed by atoms with van der Waals surface area (Å²) < 4.78 is 12.9. The molecule has 0 bridgehead atoms. The van der Waals surface area contributed by atoms with Crippen LogP contribution in [-0.4, -0.2) is 22.0 Å². The van der Waals surface area contributed by atoms with Crippen molar-refractivity contribution in [2.24, 2.45) is 0 Å². The predicted molar refractivity (Wildman–Crippen MR) is 90.7 cm³/mol. The van der Waals surface area contributed by atoms with Gasteiger partial charge in [0.15, 0.2) is 0 Å². The van der Waals surface area contributed by atoms with Gasteiger partial charge in [0, 0.05) is 23.2 Å². The van der Waals surface area contributed by atoms with Crippen molar-refractivity contribution in [3.8, 4) is 0 Å². The molecule has 6 nitrogen and oxygen atoms in total. The van der Waals surface area contributed by atoms with Crippen LogP contribution in [0.4, 0.5) is 10.1 Å². The molecular formula is C18H19FN2O4. The van der Waals surface area contributed by atoms with Crippen LogP contribution in [0.25, 0.3) is 0 Å². The third kappa shape index (κ3) is 4.60. The van der Waals surface area contributed by atoms with E-state index in [-0.39, 0.29) is 29.3 Å². The van der Waals surface area contributed by atoms with Crippen LogP contribution in [0, 0.1) is 22.9 Å². The summed E-state index contributed by atoms with van der Waals surface area (Å²) in [6.45, 7) is 3.24. The first-order valence-corrected chi connectivity index (χ1v) is 7.78. The maximum atomic E-state index is 12.9. The second-order valence-corrected chi connectivity index (χ2v) is 5.88. The van der Waals surface area contributed by atoms with E-state index in [0.29, 0.717) is 5.56 Å². The molecule has 0 unspecified atom stereocenters. The van der Waals surface area contributed by atoms with E-state index in [1.165, 1.54) is 49.4 Å². The Morgan fingerprint density at radius 2 is 1.92 bits per heavy atom. The lowest BCUT2D eigenvalue weighted by Gasteiger charge is -2.19. The summed E-state index contributed by atoms with van der Waals surface area (Å²) in [7, 11) is 0. The topological polar surface area (TPSA) is 92.5 Å². The molecule has 7 heteroatoms. The number of nitro groups is 1. The number of nitrogens with one attached hydrogen (secondary N) is 1. The molecular weight excluding hydrogens is 327 g/mol. The van der Waals surface area contributed by atoms with Gasteiger partial charge in [0.2, 0.25) is 0 Å². The second kappa shape index (κ2) is 7.85. The minimum atomic E-state index is -0.859. The van der Waals surface area contributed by atoms with E-state index in [2.05, 4.69) is 5.32 Å². The zero-order valence-corrected chi connectivity index (χ0v) is 13.9. The molecule has 132 valence electrons. The number of hydrogen-bond acceptors (Lipinski definition) is 4. The fourth-order valence-corrected chi connectivity index (χ4v) is 2.58. The van der Waals surface area contributed by atoms with E-state index in [0.717, 1.165) is 0 Å². The number of nitrogens with zero attached hydrogens (tertiary/aromatic N) is 1. The van der Waals surface area contributed by atoms with Gasteiger partial charge in [-0.2, -0.15) is 0 Å². The van der Waals surface area contributed by atoms with E-state index >= 15 is 0 Å². The van der Waals surface area contributed by atoms with Crippen molar-refractivity contribution in [3.05, 3.63) is 75.1 Å². The summed E-state index contributed by atoms with van der Waals surface area (Å²) in [5, 5.41) is 23.9. The van der Waals surface area contributed by atoms with Gasteiger partial charge in [-0.05, 0) is 44.0 Å². The highest BCUT2D eigenvalue weighted by atomic mass is 19.1. The quantitative estimate of drug-likeness (QED) is 0.620. The number of nitro benzene ring substituents is 1. The molecule has 0 aliphatic carbocycles. The largest absolute Gasteiger partial charge is 0.388 e. The van der Waals surface area contributed by atoms with Gasteiger partial charge in [-0.3, -0.25) is 14.9 Å². The molecule has 2 aromatic carbocycles. The van der Waals surface area contributed by atoms with Crippen molar-refractivity contribution < 1.29 is 19.2 Å². The van der Waals surface area contributed by atoms with Crippen LogP contribution in [0.15, 0.2) is 42.5 Å². The van der Waals surface area contributed by atoms with Crippen molar-refractivity contribution >= 4 is 11.6 Å². The summed E-state index contributed by atoms with van der Waals surface area (Å²) in [6.07, 6.45) is -0.632. The van der Waals surface area contributed by atoms with E-state index in [1.54, 1.807) is 6.92 Å². The predicted octanol–water partition coefficient (Wildman–Crippen LogP) is 3.28. The molecule has 0 fully saturated rings. The molecule has 0 heterocycles. The minimum Gasteiger partial charge on any atom is -0.388 e. The Morgan fingerprint density at radius 3 is 2.52 bits per heavy atom. The molecule has 2 N–H and O–H groups in total. The summed E-state index contributed by atoms with van der Waals surface area (Å²) >= 11 is 0. The number of carbonyl (C=O) groups is 1. The molecule has 2 aromatic rings. The Kier molecular flexibility index (Phi) is 5.82. The SMILES string of the molecule is Cc1c(C(=O)N[C@@H](C)C[C@H](O)c2ccc(F)cc2)cccc1[N+](=O)[O-]. The Bertz CT molecular complexity index is 777. The maximum Gasteiger partial charge on any atom is 0.273 e. The normalized spacial score (nSPS) is 13.1. The van der Waals surface area contributed by atoms with Crippen LogP contribution in [0.3, 0.4) is 0 Å². The van der Waals surface area contributed by atoms with Crippen molar-refractivity contribution in [3.63, 3.8) is 0 Å². The number of benzene rings is 2. The van der Waals surface area contributed by atoms with E-state index in [9.17, 15) is 24.4 Å². The van der Waals surface area contributed by atoms with E-state index in [1.807, 2.05) is 0 Å². The highest BCUT2D eigenvalue weighted by Gasteiger charge is 2.20. The molecule has 0 aliphatic heterocycles. The van der Waals surface area contributed by atoms with E-state index in [4.69, 9.17) is 0 Å². The van der Waals surface area contributed by atoms with Crippen molar-refractivity contribution in [2.75, 3.05) is 0 Å². The Balaban J connectivity index is 2.04. The standard InChI is InChI=1S/C18H19FN2O4/c1-11(10-17(22)13-6-8-14(19)9-7-13)20-18(23)15-4-3-5-16(12(15)2)21(24)25/h3-9,11,17,22H,10H2,1-2H3,(H,20,23)/t11-,17-/m0/s1.